The van der Waals surface area contributed by atoms with Gasteiger partial charge in [-0.1, -0.05) is 31.1 Å². The molecule has 4 N–H and O–H groups in total. The van der Waals surface area contributed by atoms with Gasteiger partial charge in [0.2, 0.25) is 11.8 Å². The summed E-state index contributed by atoms with van der Waals surface area (Å²) in [4.78, 5) is 39.2. The van der Waals surface area contributed by atoms with Crippen LogP contribution in [0.2, 0.25) is 0 Å². The Morgan fingerprint density at radius 1 is 1.15 bits per heavy atom. The molecule has 0 heterocycles. The number of benzene rings is 2. The third kappa shape index (κ3) is 5.36. The highest BCUT2D eigenvalue weighted by Gasteiger charge is 2.54. The van der Waals surface area contributed by atoms with E-state index in [-0.39, 0.29) is 57.7 Å². The van der Waals surface area contributed by atoms with Crippen LogP contribution in [0.25, 0.3) is 11.1 Å². The van der Waals surface area contributed by atoms with Crippen LogP contribution >= 0.6 is 0 Å². The second kappa shape index (κ2) is 10.6. The van der Waals surface area contributed by atoms with Crippen molar-refractivity contribution in [1.82, 2.24) is 10.6 Å². The van der Waals surface area contributed by atoms with Gasteiger partial charge in [0.05, 0.1) is 18.6 Å². The molecule has 4 aliphatic rings. The summed E-state index contributed by atoms with van der Waals surface area (Å²) in [6, 6.07) is 8.40. The van der Waals surface area contributed by atoms with Crippen LogP contribution in [-0.2, 0) is 4.79 Å². The van der Waals surface area contributed by atoms with E-state index in [1.54, 1.807) is 18.2 Å². The number of methoxy groups -OCH3 is 1. The topological polar surface area (TPSA) is 111 Å². The summed E-state index contributed by atoms with van der Waals surface area (Å²) in [5, 5.41) is 6.44. The van der Waals surface area contributed by atoms with Crippen LogP contribution in [0.3, 0.4) is 0 Å². The van der Waals surface area contributed by atoms with Gasteiger partial charge in [-0.3, -0.25) is 14.4 Å². The van der Waals surface area contributed by atoms with E-state index in [2.05, 4.69) is 23.6 Å². The number of amides is 3. The zero-order valence-electron chi connectivity index (χ0n) is 23.7. The monoisotopic (exact) mass is 559 g/mol. The molecule has 2 aromatic carbocycles. The number of ether oxygens (including phenoxy) is 1. The number of halogens is 1. The highest BCUT2D eigenvalue weighted by atomic mass is 19.1. The Morgan fingerprint density at radius 2 is 1.93 bits per heavy atom. The zero-order chi connectivity index (χ0) is 28.9. The molecule has 4 atom stereocenters. The Balaban J connectivity index is 1.28. The summed E-state index contributed by atoms with van der Waals surface area (Å²) in [5.41, 5.74) is 7.93. The summed E-state index contributed by atoms with van der Waals surface area (Å²) in [5.74, 6) is -0.576. The van der Waals surface area contributed by atoms with Gasteiger partial charge in [0, 0.05) is 29.6 Å². The maximum absolute atomic E-state index is 14.8. The Kier molecular flexibility index (Phi) is 7.12. The minimum Gasteiger partial charge on any atom is -0.496 e. The number of carbonyl (C=O) groups excluding carboxylic acids is 3. The van der Waals surface area contributed by atoms with E-state index in [4.69, 9.17) is 10.5 Å². The lowest BCUT2D eigenvalue weighted by Gasteiger charge is -2.39. The van der Waals surface area contributed by atoms with Crippen LogP contribution in [0, 0.1) is 34.9 Å². The highest BCUT2D eigenvalue weighted by molar-refractivity contribution is 5.99. The standard InChI is InChI=1S/C33H38FN3O4/c1-33(10-3-11-33)17-36-32(40)28-22-13-21(12-18-4-5-18)24(16-22)29(28)37-31(39)25-14-19(7-9-27(25)41-2)23-15-20(30(35)38)6-8-26(23)34/h6-9,12,14-15,18,22,24,28-29H,3-5,10-11,13,16-17H2,1-2H3,(H2,35,38)(H,36,40)(H,37,39)/b21-12-/t22-,24-,28+,29-/m1/s1. The van der Waals surface area contributed by atoms with Gasteiger partial charge in [0.25, 0.3) is 5.91 Å². The molecule has 41 heavy (non-hydrogen) atoms. The van der Waals surface area contributed by atoms with Crippen LogP contribution in [0.1, 0.15) is 72.6 Å². The van der Waals surface area contributed by atoms with E-state index in [9.17, 15) is 18.8 Å². The van der Waals surface area contributed by atoms with Gasteiger partial charge < -0.3 is 21.1 Å². The molecule has 3 amide bonds. The van der Waals surface area contributed by atoms with Crippen molar-refractivity contribution in [2.24, 2.45) is 34.8 Å². The van der Waals surface area contributed by atoms with Crippen molar-refractivity contribution in [1.29, 1.82) is 0 Å². The predicted molar refractivity (Wildman–Crippen MR) is 154 cm³/mol. The average Bonchev–Trinajstić information content (AvgIpc) is 3.57. The van der Waals surface area contributed by atoms with Crippen molar-refractivity contribution in [3.63, 3.8) is 0 Å². The van der Waals surface area contributed by atoms with E-state index in [0.29, 0.717) is 23.8 Å². The molecule has 7 nitrogen and oxygen atoms in total. The fourth-order valence-corrected chi connectivity index (χ4v) is 7.09. The lowest BCUT2D eigenvalue weighted by atomic mass is 9.70. The number of rotatable bonds is 9. The molecule has 4 fully saturated rings. The molecular formula is C33H38FN3O4. The molecule has 0 unspecified atom stereocenters. The first-order valence-electron chi connectivity index (χ1n) is 14.7. The zero-order valence-corrected chi connectivity index (χ0v) is 23.7. The molecule has 0 aromatic heterocycles. The summed E-state index contributed by atoms with van der Waals surface area (Å²) < 4.78 is 20.3. The third-order valence-corrected chi connectivity index (χ3v) is 9.79. The van der Waals surface area contributed by atoms with E-state index in [0.717, 1.165) is 25.7 Å². The van der Waals surface area contributed by atoms with Crippen LogP contribution in [0.5, 0.6) is 5.75 Å². The minimum atomic E-state index is -0.667. The Hall–Kier alpha value is -3.68. The normalized spacial score (nSPS) is 26.9. The number of nitrogens with two attached hydrogens (primary N) is 1. The van der Waals surface area contributed by atoms with Crippen molar-refractivity contribution in [2.45, 2.75) is 57.9 Å². The van der Waals surface area contributed by atoms with Gasteiger partial charge in [-0.05, 0) is 91.7 Å². The van der Waals surface area contributed by atoms with Gasteiger partial charge in [-0.25, -0.2) is 4.39 Å². The highest BCUT2D eigenvalue weighted by Crippen LogP contribution is 2.53. The van der Waals surface area contributed by atoms with Gasteiger partial charge in [-0.15, -0.1) is 0 Å². The third-order valence-electron chi connectivity index (χ3n) is 9.79. The Labute approximate surface area is 240 Å². The van der Waals surface area contributed by atoms with E-state index >= 15 is 0 Å². The SMILES string of the molecule is COc1ccc(-c2cc(C(N)=O)ccc2F)cc1C(=O)N[C@H]1[C@@H](C(=O)NCC2(C)CCC2)[C@@H]2C/C(=C/C3CC3)[C@H]1C2. The molecule has 216 valence electrons. The number of hydrogen-bond donors (Lipinski definition) is 3. The maximum atomic E-state index is 14.8. The van der Waals surface area contributed by atoms with Crippen molar-refractivity contribution in [2.75, 3.05) is 13.7 Å². The van der Waals surface area contributed by atoms with E-state index < -0.39 is 11.7 Å². The van der Waals surface area contributed by atoms with Crippen LogP contribution in [0.4, 0.5) is 4.39 Å². The van der Waals surface area contributed by atoms with Crippen molar-refractivity contribution in [3.05, 3.63) is 65.0 Å². The molecule has 0 radical (unpaired) electrons. The molecule has 4 aliphatic carbocycles. The molecular weight excluding hydrogens is 521 g/mol. The second-order valence-electron chi connectivity index (χ2n) is 12.8. The second-order valence-corrected chi connectivity index (χ2v) is 12.8. The first-order chi connectivity index (χ1) is 19.7. The fraction of sp³-hybridized carbons (Fsp3) is 0.485. The van der Waals surface area contributed by atoms with Gasteiger partial charge in [0.1, 0.15) is 11.6 Å². The molecule has 0 saturated heterocycles. The lowest BCUT2D eigenvalue weighted by molar-refractivity contribution is -0.127. The smallest absolute Gasteiger partial charge is 0.255 e. The van der Waals surface area contributed by atoms with Crippen molar-refractivity contribution in [3.8, 4) is 16.9 Å². The predicted octanol–water partition coefficient (Wildman–Crippen LogP) is 5.00. The average molecular weight is 560 g/mol. The number of hydrogen-bond acceptors (Lipinski definition) is 4. The van der Waals surface area contributed by atoms with Crippen LogP contribution in [0.15, 0.2) is 48.0 Å². The lowest BCUT2D eigenvalue weighted by Crippen LogP contribution is -2.52. The van der Waals surface area contributed by atoms with E-state index in [1.807, 2.05) is 0 Å². The summed E-state index contributed by atoms with van der Waals surface area (Å²) in [6.45, 7) is 2.88. The number of carbonyl (C=O) groups is 3. The van der Waals surface area contributed by atoms with Gasteiger partial charge in [-0.2, -0.15) is 0 Å². The molecule has 8 heteroatoms. The number of fused-ring (bicyclic) bond motifs is 2. The number of allylic oxidation sites excluding steroid dienone is 1. The fourth-order valence-electron chi connectivity index (χ4n) is 7.09. The summed E-state index contributed by atoms with van der Waals surface area (Å²) >= 11 is 0. The minimum absolute atomic E-state index is 0.0208. The maximum Gasteiger partial charge on any atom is 0.255 e. The van der Waals surface area contributed by atoms with Crippen LogP contribution < -0.4 is 21.1 Å². The molecule has 0 aliphatic heterocycles. The largest absolute Gasteiger partial charge is 0.496 e. The Morgan fingerprint density at radius 3 is 2.59 bits per heavy atom. The van der Waals surface area contributed by atoms with E-state index in [1.165, 1.54) is 50.1 Å². The number of nitrogens with one attached hydrogen (secondary N) is 2. The molecule has 2 bridgehead atoms. The molecule has 6 rings (SSSR count). The van der Waals surface area contributed by atoms with Gasteiger partial charge >= 0.3 is 0 Å². The van der Waals surface area contributed by atoms with Crippen molar-refractivity contribution >= 4 is 17.7 Å². The quantitative estimate of drug-likeness (QED) is 0.376. The Bertz CT molecular complexity index is 1430. The first kappa shape index (κ1) is 27.5. The molecule has 4 saturated carbocycles. The van der Waals surface area contributed by atoms with Gasteiger partial charge in [0.15, 0.2) is 0 Å². The van der Waals surface area contributed by atoms with Crippen LogP contribution in [-0.4, -0.2) is 37.4 Å². The molecule has 0 spiro atoms. The number of primary amides is 1. The molecule has 2 aromatic rings. The summed E-state index contributed by atoms with van der Waals surface area (Å²) in [7, 11) is 1.48. The summed E-state index contributed by atoms with van der Waals surface area (Å²) in [6.07, 6.45) is 10.0. The first-order valence-corrected chi connectivity index (χ1v) is 14.7. The van der Waals surface area contributed by atoms with Crippen molar-refractivity contribution < 1.29 is 23.5 Å².